The minimum Gasteiger partial charge on any atom is -0.387 e. The number of aryl methyl sites for hydroxylation is 1. The Morgan fingerprint density at radius 1 is 1.07 bits per heavy atom. The predicted molar refractivity (Wildman–Crippen MR) is 169 cm³/mol. The van der Waals surface area contributed by atoms with Crippen LogP contribution in [-0.2, 0) is 16.0 Å². The van der Waals surface area contributed by atoms with Gasteiger partial charge in [0.15, 0.2) is 29.3 Å². The molecule has 1 amide bonds. The van der Waals surface area contributed by atoms with E-state index in [1.165, 1.54) is 10.9 Å². The van der Waals surface area contributed by atoms with Gasteiger partial charge in [0.25, 0.3) is 5.91 Å². The van der Waals surface area contributed by atoms with Crippen LogP contribution < -0.4 is 16.0 Å². The number of imidazole rings is 2. The smallest absolute Gasteiger partial charge is 0.252 e. The van der Waals surface area contributed by atoms with E-state index >= 15 is 0 Å². The minimum atomic E-state index is -1.48. The number of nitrogens with zero attached hydrogens (tertiary/aromatic N) is 5. The molecule has 4 atom stereocenters. The lowest BCUT2D eigenvalue weighted by molar-refractivity contribution is -0.137. The first kappa shape index (κ1) is 28.9. The molecule has 13 heteroatoms. The highest BCUT2D eigenvalue weighted by Crippen LogP contribution is 2.34. The molecular formula is C32H37N9O4. The number of ether oxygens (including phenoxy) is 1. The summed E-state index contributed by atoms with van der Waals surface area (Å²) < 4.78 is 14.7. The van der Waals surface area contributed by atoms with Gasteiger partial charge in [-0.05, 0) is 30.9 Å². The topological polar surface area (TPSA) is 175 Å². The van der Waals surface area contributed by atoms with Crippen molar-refractivity contribution in [3.05, 3.63) is 96.3 Å². The summed E-state index contributed by atoms with van der Waals surface area (Å²) in [5.74, 6) is 0.234. The van der Waals surface area contributed by atoms with E-state index < -0.39 is 30.4 Å². The Morgan fingerprint density at radius 3 is 2.51 bits per heavy atom. The van der Waals surface area contributed by atoms with Gasteiger partial charge < -0.3 is 35.9 Å². The minimum absolute atomic E-state index is 0.0124. The fourth-order valence-electron chi connectivity index (χ4n) is 5.53. The number of H-pyrrole nitrogens is 1. The third-order valence-electron chi connectivity index (χ3n) is 7.83. The molecule has 3 aromatic heterocycles. The van der Waals surface area contributed by atoms with Crippen molar-refractivity contribution in [1.29, 1.82) is 0 Å². The highest BCUT2D eigenvalue weighted by atomic mass is 16.6. The third-order valence-corrected chi connectivity index (χ3v) is 7.83. The lowest BCUT2D eigenvalue weighted by atomic mass is 9.91. The first-order chi connectivity index (χ1) is 22.5. The molecule has 13 nitrogen and oxygen atoms in total. The van der Waals surface area contributed by atoms with Crippen LogP contribution in [0.5, 0.6) is 0 Å². The van der Waals surface area contributed by atoms with Crippen molar-refractivity contribution in [2.24, 2.45) is 0 Å². The van der Waals surface area contributed by atoms with Gasteiger partial charge in [-0.25, -0.2) is 9.97 Å². The number of aromatic nitrogens is 6. The SMILES string of the molecule is [2H]CCNC(=O)[C@H]1OC(n2cnc3c(NCC(c4ccccc4)c4ccccc4)nc(NCCCc4cnc[nH]4)nc32)[C@H](O)[C@@H]1O. The van der Waals surface area contributed by atoms with Crippen LogP contribution >= 0.6 is 0 Å². The summed E-state index contributed by atoms with van der Waals surface area (Å²) in [5, 5.41) is 31.0. The van der Waals surface area contributed by atoms with E-state index in [1.807, 2.05) is 36.4 Å². The zero-order valence-corrected chi connectivity index (χ0v) is 24.6. The number of carbonyl (C=O) groups is 1. The zero-order chi connectivity index (χ0) is 31.9. The summed E-state index contributed by atoms with van der Waals surface area (Å²) in [6.07, 6.45) is 1.12. The van der Waals surface area contributed by atoms with Crippen LogP contribution in [0.2, 0.25) is 0 Å². The molecule has 1 aliphatic rings. The van der Waals surface area contributed by atoms with Gasteiger partial charge in [-0.1, -0.05) is 60.7 Å². The van der Waals surface area contributed by atoms with Crippen molar-refractivity contribution in [1.82, 2.24) is 34.8 Å². The number of rotatable bonds is 13. The summed E-state index contributed by atoms with van der Waals surface area (Å²) in [6.45, 7) is 1.16. The van der Waals surface area contributed by atoms with Gasteiger partial charge in [0.1, 0.15) is 12.2 Å². The van der Waals surface area contributed by atoms with Crippen molar-refractivity contribution < 1.29 is 21.1 Å². The van der Waals surface area contributed by atoms with Gasteiger partial charge >= 0.3 is 0 Å². The number of anilines is 2. The predicted octanol–water partition coefficient (Wildman–Crippen LogP) is 2.59. The average Bonchev–Trinajstić information content (AvgIpc) is 3.83. The quantitative estimate of drug-likeness (QED) is 0.108. The molecule has 234 valence electrons. The number of hydrogen-bond acceptors (Lipinski definition) is 10. The summed E-state index contributed by atoms with van der Waals surface area (Å²) in [4.78, 5) is 33.8. The highest BCUT2D eigenvalue weighted by molar-refractivity contribution is 5.85. The lowest BCUT2D eigenvalue weighted by Crippen LogP contribution is -2.42. The molecule has 0 aliphatic carbocycles. The normalized spacial score (nSPS) is 19.9. The Hall–Kier alpha value is -4.85. The van der Waals surface area contributed by atoms with E-state index in [-0.39, 0.29) is 19.4 Å². The van der Waals surface area contributed by atoms with Crippen LogP contribution in [0.4, 0.5) is 11.8 Å². The average molecular weight is 613 g/mol. The molecule has 6 N–H and O–H groups in total. The number of aliphatic hydroxyl groups is 2. The number of aromatic amines is 1. The Balaban J connectivity index is 1.29. The number of aliphatic hydroxyl groups excluding tert-OH is 2. The van der Waals surface area contributed by atoms with Crippen molar-refractivity contribution in [3.8, 4) is 0 Å². The molecule has 1 unspecified atom stereocenters. The Kier molecular flexibility index (Phi) is 8.89. The second-order valence-electron chi connectivity index (χ2n) is 10.8. The van der Waals surface area contributed by atoms with Gasteiger partial charge in [0, 0.05) is 38.8 Å². The van der Waals surface area contributed by atoms with E-state index in [0.29, 0.717) is 36.0 Å². The second kappa shape index (κ2) is 13.8. The summed E-state index contributed by atoms with van der Waals surface area (Å²) >= 11 is 0. The molecule has 0 radical (unpaired) electrons. The van der Waals surface area contributed by atoms with Crippen molar-refractivity contribution in [3.63, 3.8) is 0 Å². The lowest BCUT2D eigenvalue weighted by Gasteiger charge is -2.20. The summed E-state index contributed by atoms with van der Waals surface area (Å²) in [6, 6.07) is 20.4. The number of carbonyl (C=O) groups excluding carboxylic acids is 1. The Labute approximate surface area is 261 Å². The zero-order valence-electron chi connectivity index (χ0n) is 25.6. The van der Waals surface area contributed by atoms with Gasteiger partial charge in [-0.2, -0.15) is 9.97 Å². The first-order valence-electron chi connectivity index (χ1n) is 15.6. The first-order valence-corrected chi connectivity index (χ1v) is 14.9. The molecule has 0 saturated carbocycles. The molecule has 6 rings (SSSR count). The Morgan fingerprint density at radius 2 is 1.82 bits per heavy atom. The molecule has 4 heterocycles. The molecule has 1 fully saturated rings. The van der Waals surface area contributed by atoms with E-state index in [0.717, 1.165) is 29.7 Å². The van der Waals surface area contributed by atoms with Crippen LogP contribution in [0.15, 0.2) is 79.5 Å². The fraction of sp³-hybridized carbons (Fsp3) is 0.344. The molecular weight excluding hydrogens is 574 g/mol. The Bertz CT molecular complexity index is 1670. The van der Waals surface area contributed by atoms with E-state index in [1.54, 1.807) is 12.5 Å². The summed E-state index contributed by atoms with van der Waals surface area (Å²) in [7, 11) is 0. The van der Waals surface area contributed by atoms with Crippen molar-refractivity contribution >= 4 is 28.8 Å². The van der Waals surface area contributed by atoms with Crippen LogP contribution in [0.3, 0.4) is 0 Å². The van der Waals surface area contributed by atoms with Gasteiger partial charge in [-0.3, -0.25) is 9.36 Å². The highest BCUT2D eigenvalue weighted by Gasteiger charge is 2.47. The largest absolute Gasteiger partial charge is 0.387 e. The van der Waals surface area contributed by atoms with Crippen LogP contribution in [-0.4, -0.2) is 83.6 Å². The van der Waals surface area contributed by atoms with E-state index in [2.05, 4.69) is 55.2 Å². The molecule has 0 bridgehead atoms. The number of benzene rings is 2. The van der Waals surface area contributed by atoms with Gasteiger partial charge in [0.05, 0.1) is 12.7 Å². The van der Waals surface area contributed by atoms with Gasteiger partial charge in [-0.15, -0.1) is 0 Å². The van der Waals surface area contributed by atoms with Crippen LogP contribution in [0.25, 0.3) is 11.2 Å². The number of amides is 1. The maximum atomic E-state index is 12.6. The van der Waals surface area contributed by atoms with Gasteiger partial charge in [0.2, 0.25) is 5.95 Å². The molecule has 1 saturated heterocycles. The number of nitrogens with one attached hydrogen (secondary N) is 4. The van der Waals surface area contributed by atoms with Crippen molar-refractivity contribution in [2.45, 2.75) is 50.2 Å². The summed E-state index contributed by atoms with van der Waals surface area (Å²) in [5.41, 5.74) is 4.10. The molecule has 45 heavy (non-hydrogen) atoms. The number of hydrogen-bond donors (Lipinski definition) is 6. The molecule has 2 aromatic carbocycles. The fourth-order valence-corrected chi connectivity index (χ4v) is 5.53. The number of fused-ring (bicyclic) bond motifs is 1. The maximum absolute atomic E-state index is 12.6. The van der Waals surface area contributed by atoms with Crippen LogP contribution in [0, 0.1) is 0 Å². The van der Waals surface area contributed by atoms with Crippen LogP contribution in [0.1, 0.15) is 43.7 Å². The molecule has 5 aromatic rings. The standard InChI is InChI=1S/C32H37N9O4/c1-2-34-30(44)27-25(42)26(43)31(45-27)41-19-38-24-28(39-32(40-29(24)41)35-15-9-14-22-16-33-18-37-22)36-17-23(20-10-5-3-6-11-20)21-12-7-4-8-13-21/h3-8,10-13,16,18-19,23,25-27,31,42-43H,2,9,14-15,17H2,1H3,(H,33,37)(H,34,44)(H2,35,36,39,40)/t25-,26+,27-,31?/m0/s1/i1D. The maximum Gasteiger partial charge on any atom is 0.252 e. The molecule has 0 spiro atoms. The van der Waals surface area contributed by atoms with E-state index in [9.17, 15) is 15.0 Å². The third kappa shape index (κ3) is 6.65. The van der Waals surface area contributed by atoms with Crippen molar-refractivity contribution in [2.75, 3.05) is 30.3 Å². The number of likely N-dealkylation sites (N-methyl/N-ethyl adjacent to an activating group) is 1. The molecule has 1 aliphatic heterocycles. The monoisotopic (exact) mass is 612 g/mol. The second-order valence-corrected chi connectivity index (χ2v) is 10.8. The van der Waals surface area contributed by atoms with E-state index in [4.69, 9.17) is 16.1 Å².